The highest BCUT2D eigenvalue weighted by atomic mass is 35.5. The molecule has 1 aliphatic rings. The minimum Gasteiger partial charge on any atom is -0.119 e. The largest absolute Gasteiger partial charge is 0.119 e. The first-order chi connectivity index (χ1) is 4.12. The highest BCUT2D eigenvalue weighted by Gasteiger charge is 2.40. The highest BCUT2D eigenvalue weighted by molar-refractivity contribution is 6.27. The molecule has 1 fully saturated rings. The van der Waals surface area contributed by atoms with Gasteiger partial charge in [0.2, 0.25) is 0 Å². The van der Waals surface area contributed by atoms with E-state index in [4.69, 9.17) is 11.6 Å². The summed E-state index contributed by atoms with van der Waals surface area (Å²) in [6, 6.07) is 0. The van der Waals surface area contributed by atoms with Crippen molar-refractivity contribution in [2.45, 2.75) is 38.0 Å². The summed E-state index contributed by atoms with van der Waals surface area (Å²) >= 11 is 6.03. The van der Waals surface area contributed by atoms with Gasteiger partial charge in [0, 0.05) is 4.87 Å². The van der Waals surface area contributed by atoms with Gasteiger partial charge in [-0.3, -0.25) is 0 Å². The van der Waals surface area contributed by atoms with E-state index in [1.54, 1.807) is 0 Å². The Kier molecular flexibility index (Phi) is 2.05. The van der Waals surface area contributed by atoms with E-state index in [2.05, 4.69) is 20.3 Å². The topological polar surface area (TPSA) is 0 Å². The molecule has 1 heteroatoms. The molecule has 0 bridgehead atoms. The zero-order chi connectivity index (χ0) is 6.91. The Morgan fingerprint density at radius 3 is 2.56 bits per heavy atom. The molecular formula is C8H14Cl. The van der Waals surface area contributed by atoms with E-state index in [1.165, 1.54) is 12.8 Å². The van der Waals surface area contributed by atoms with Gasteiger partial charge in [0.25, 0.3) is 0 Å². The van der Waals surface area contributed by atoms with E-state index in [0.29, 0.717) is 0 Å². The lowest BCUT2D eigenvalue weighted by atomic mass is 10.1. The lowest BCUT2D eigenvalue weighted by Crippen LogP contribution is -1.99. The summed E-state index contributed by atoms with van der Waals surface area (Å²) in [7, 11) is 0. The normalized spacial score (nSPS) is 22.7. The molecule has 1 saturated carbocycles. The van der Waals surface area contributed by atoms with Crippen molar-refractivity contribution in [2.24, 2.45) is 5.92 Å². The second-order valence-corrected chi connectivity index (χ2v) is 4.13. The zero-order valence-corrected chi connectivity index (χ0v) is 6.91. The van der Waals surface area contributed by atoms with Crippen molar-refractivity contribution in [3.8, 4) is 0 Å². The molecule has 0 heterocycles. The molecule has 53 valence electrons. The highest BCUT2D eigenvalue weighted by Crippen LogP contribution is 2.45. The average Bonchev–Trinajstić information content (AvgIpc) is 2.45. The van der Waals surface area contributed by atoms with Crippen LogP contribution in [0.4, 0.5) is 0 Å². The predicted molar refractivity (Wildman–Crippen MR) is 41.6 cm³/mol. The third-order valence-corrected chi connectivity index (χ3v) is 2.28. The molecule has 0 aromatic heterocycles. The van der Waals surface area contributed by atoms with Crippen LogP contribution in [0.3, 0.4) is 0 Å². The zero-order valence-electron chi connectivity index (χ0n) is 6.15. The summed E-state index contributed by atoms with van der Waals surface area (Å²) in [6.45, 7) is 4.48. The molecule has 0 aromatic carbocycles. The van der Waals surface area contributed by atoms with Gasteiger partial charge in [-0.1, -0.05) is 13.8 Å². The Morgan fingerprint density at radius 2 is 2.22 bits per heavy atom. The molecule has 1 rings (SSSR count). The number of rotatable bonds is 3. The van der Waals surface area contributed by atoms with Crippen LogP contribution in [0.1, 0.15) is 33.1 Å². The smallest absolute Gasteiger partial charge is 0.0482 e. The van der Waals surface area contributed by atoms with Crippen molar-refractivity contribution in [1.82, 2.24) is 0 Å². The minimum absolute atomic E-state index is 0.129. The third kappa shape index (κ3) is 2.57. The van der Waals surface area contributed by atoms with Gasteiger partial charge in [-0.25, -0.2) is 0 Å². The van der Waals surface area contributed by atoms with Crippen molar-refractivity contribution in [3.05, 3.63) is 6.42 Å². The first-order valence-corrected chi connectivity index (χ1v) is 4.03. The van der Waals surface area contributed by atoms with Gasteiger partial charge in [-0.2, -0.15) is 0 Å². The lowest BCUT2D eigenvalue weighted by Gasteiger charge is -2.06. The van der Waals surface area contributed by atoms with Gasteiger partial charge >= 0.3 is 0 Å². The molecule has 0 aliphatic heterocycles. The maximum Gasteiger partial charge on any atom is 0.0482 e. The van der Waals surface area contributed by atoms with E-state index >= 15 is 0 Å². The Labute approximate surface area is 62.6 Å². The van der Waals surface area contributed by atoms with Crippen molar-refractivity contribution in [2.75, 3.05) is 0 Å². The van der Waals surface area contributed by atoms with Crippen molar-refractivity contribution in [1.29, 1.82) is 0 Å². The number of hydrogen-bond acceptors (Lipinski definition) is 0. The first kappa shape index (κ1) is 7.40. The van der Waals surface area contributed by atoms with Crippen molar-refractivity contribution in [3.63, 3.8) is 0 Å². The van der Waals surface area contributed by atoms with E-state index in [0.717, 1.165) is 12.3 Å². The first-order valence-electron chi connectivity index (χ1n) is 3.66. The van der Waals surface area contributed by atoms with Crippen LogP contribution in [0.25, 0.3) is 0 Å². The van der Waals surface area contributed by atoms with Crippen LogP contribution in [0.5, 0.6) is 0 Å². The fourth-order valence-electron chi connectivity index (χ4n) is 0.843. The monoisotopic (exact) mass is 145 g/mol. The van der Waals surface area contributed by atoms with Crippen LogP contribution in [-0.4, -0.2) is 4.87 Å². The number of hydrogen-bond donors (Lipinski definition) is 0. The van der Waals surface area contributed by atoms with Gasteiger partial charge in [0.05, 0.1) is 0 Å². The maximum absolute atomic E-state index is 6.03. The van der Waals surface area contributed by atoms with Gasteiger partial charge in [-0.05, 0) is 31.6 Å². The quantitative estimate of drug-likeness (QED) is 0.536. The molecule has 9 heavy (non-hydrogen) atoms. The molecule has 0 N–H and O–H groups in total. The molecule has 1 radical (unpaired) electrons. The molecule has 0 aromatic rings. The molecule has 1 aliphatic carbocycles. The second kappa shape index (κ2) is 2.49. The summed E-state index contributed by atoms with van der Waals surface area (Å²) in [5.74, 6) is 0.801. The molecular weight excluding hydrogens is 132 g/mol. The fraction of sp³-hybridized carbons (Fsp3) is 0.875. The van der Waals surface area contributed by atoms with Crippen LogP contribution in [-0.2, 0) is 0 Å². The van der Waals surface area contributed by atoms with Gasteiger partial charge in [0.15, 0.2) is 0 Å². The van der Waals surface area contributed by atoms with Crippen LogP contribution in [0, 0.1) is 12.3 Å². The van der Waals surface area contributed by atoms with Crippen LogP contribution in [0.2, 0.25) is 0 Å². The van der Waals surface area contributed by atoms with Gasteiger partial charge < -0.3 is 0 Å². The van der Waals surface area contributed by atoms with E-state index in [-0.39, 0.29) is 4.87 Å². The Bertz CT molecular complexity index is 92.7. The summed E-state index contributed by atoms with van der Waals surface area (Å²) in [5, 5.41) is 0. The molecule has 0 saturated heterocycles. The molecule has 0 nitrogen and oxygen atoms in total. The van der Waals surface area contributed by atoms with E-state index < -0.39 is 0 Å². The summed E-state index contributed by atoms with van der Waals surface area (Å²) in [4.78, 5) is 0.129. The average molecular weight is 146 g/mol. The predicted octanol–water partition coefficient (Wildman–Crippen LogP) is 3.01. The standard InChI is InChI=1S/C8H14Cl/c1-7(2)3-4-8(9)5-6-8/h5,7H,3-4,6H2,1-2H3. The van der Waals surface area contributed by atoms with Crippen LogP contribution in [0.15, 0.2) is 0 Å². The summed E-state index contributed by atoms with van der Waals surface area (Å²) < 4.78 is 0. The number of alkyl halides is 1. The minimum atomic E-state index is 0.129. The second-order valence-electron chi connectivity index (χ2n) is 3.38. The molecule has 0 spiro atoms. The molecule has 1 unspecified atom stereocenters. The van der Waals surface area contributed by atoms with E-state index in [1.807, 2.05) is 0 Å². The fourth-order valence-corrected chi connectivity index (χ4v) is 1.03. The third-order valence-electron chi connectivity index (χ3n) is 1.78. The Hall–Kier alpha value is 0.290. The Morgan fingerprint density at radius 1 is 1.67 bits per heavy atom. The maximum atomic E-state index is 6.03. The summed E-state index contributed by atoms with van der Waals surface area (Å²) in [5.41, 5.74) is 0. The SMILES string of the molecule is CC(C)CCC1(Cl)[CH]C1. The van der Waals surface area contributed by atoms with E-state index in [9.17, 15) is 0 Å². The van der Waals surface area contributed by atoms with Gasteiger partial charge in [0.1, 0.15) is 0 Å². The molecule has 0 amide bonds. The summed E-state index contributed by atoms with van der Waals surface area (Å²) in [6.07, 6.45) is 5.75. The lowest BCUT2D eigenvalue weighted by molar-refractivity contribution is 0.544. The van der Waals surface area contributed by atoms with Crippen LogP contribution >= 0.6 is 11.6 Å². The number of halogens is 1. The van der Waals surface area contributed by atoms with Crippen LogP contribution < -0.4 is 0 Å². The Balaban J connectivity index is 2.05. The van der Waals surface area contributed by atoms with Crippen molar-refractivity contribution < 1.29 is 0 Å². The van der Waals surface area contributed by atoms with Crippen molar-refractivity contribution >= 4 is 11.6 Å². The van der Waals surface area contributed by atoms with Gasteiger partial charge in [-0.15, -0.1) is 11.6 Å². The molecule has 1 atom stereocenters.